The van der Waals surface area contributed by atoms with Gasteiger partial charge in [0.05, 0.1) is 18.2 Å². The molecule has 0 saturated carbocycles. The van der Waals surface area contributed by atoms with E-state index in [0.717, 1.165) is 11.1 Å². The second kappa shape index (κ2) is 5.84. The normalized spacial score (nSPS) is 10.5. The van der Waals surface area contributed by atoms with E-state index in [4.69, 9.17) is 0 Å². The van der Waals surface area contributed by atoms with E-state index < -0.39 is 11.9 Å². The molecule has 2 heterocycles. The van der Waals surface area contributed by atoms with E-state index in [1.54, 1.807) is 30.5 Å². The Kier molecular flexibility index (Phi) is 3.72. The number of fused-ring (bicyclic) bond motifs is 1. The number of hydrogen-bond donors (Lipinski definition) is 1. The zero-order valence-corrected chi connectivity index (χ0v) is 12.2. The lowest BCUT2D eigenvalue weighted by atomic mass is 10.0. The Labute approximate surface area is 131 Å². The standard InChI is InChI=1S/C17H12N2O4/c1-23-17(22)15-5-3-11(9-19-15)10-2-4-14-13(8-10)12(16(20)21)6-7-18-14/h2-9H,1H3,(H,20,21). The molecule has 0 amide bonds. The zero-order valence-electron chi connectivity index (χ0n) is 12.2. The lowest BCUT2D eigenvalue weighted by molar-refractivity contribution is 0.0593. The summed E-state index contributed by atoms with van der Waals surface area (Å²) >= 11 is 0. The van der Waals surface area contributed by atoms with E-state index in [9.17, 15) is 14.7 Å². The van der Waals surface area contributed by atoms with Gasteiger partial charge in [0.1, 0.15) is 5.69 Å². The van der Waals surface area contributed by atoms with Crippen molar-refractivity contribution in [3.63, 3.8) is 0 Å². The van der Waals surface area contributed by atoms with Gasteiger partial charge in [-0.3, -0.25) is 4.98 Å². The van der Waals surface area contributed by atoms with E-state index in [1.807, 2.05) is 6.07 Å². The minimum Gasteiger partial charge on any atom is -0.478 e. The predicted molar refractivity (Wildman–Crippen MR) is 83.3 cm³/mol. The van der Waals surface area contributed by atoms with Crippen LogP contribution in [0.5, 0.6) is 0 Å². The number of aromatic carboxylic acids is 1. The van der Waals surface area contributed by atoms with E-state index in [0.29, 0.717) is 10.9 Å². The minimum atomic E-state index is -1.01. The Morgan fingerprint density at radius 2 is 1.83 bits per heavy atom. The molecule has 6 heteroatoms. The van der Waals surface area contributed by atoms with Crippen LogP contribution in [0.2, 0.25) is 0 Å². The molecule has 1 N–H and O–H groups in total. The number of methoxy groups -OCH3 is 1. The van der Waals surface area contributed by atoms with Crippen LogP contribution in [0, 0.1) is 0 Å². The fourth-order valence-electron chi connectivity index (χ4n) is 2.30. The lowest BCUT2D eigenvalue weighted by Gasteiger charge is -2.06. The minimum absolute atomic E-state index is 0.191. The number of esters is 1. The summed E-state index contributed by atoms with van der Waals surface area (Å²) in [6, 6.07) is 10.1. The molecule has 0 aliphatic rings. The van der Waals surface area contributed by atoms with Crippen LogP contribution in [0.1, 0.15) is 20.8 Å². The van der Waals surface area contributed by atoms with Crippen molar-refractivity contribution in [1.29, 1.82) is 0 Å². The Balaban J connectivity index is 2.08. The van der Waals surface area contributed by atoms with Gasteiger partial charge in [0.15, 0.2) is 0 Å². The average Bonchev–Trinajstić information content (AvgIpc) is 2.60. The third-order valence-electron chi connectivity index (χ3n) is 3.46. The number of hydrogen-bond acceptors (Lipinski definition) is 5. The number of aromatic nitrogens is 2. The Morgan fingerprint density at radius 3 is 2.48 bits per heavy atom. The molecule has 0 spiro atoms. The summed E-state index contributed by atoms with van der Waals surface area (Å²) in [5.41, 5.74) is 2.56. The molecular formula is C17H12N2O4. The summed E-state index contributed by atoms with van der Waals surface area (Å²) in [5, 5.41) is 9.83. The van der Waals surface area contributed by atoms with Crippen LogP contribution < -0.4 is 0 Å². The summed E-state index contributed by atoms with van der Waals surface area (Å²) in [6.45, 7) is 0. The van der Waals surface area contributed by atoms with Crippen molar-refractivity contribution in [3.05, 3.63) is 60.0 Å². The number of pyridine rings is 2. The van der Waals surface area contributed by atoms with Crippen molar-refractivity contribution in [1.82, 2.24) is 9.97 Å². The van der Waals surface area contributed by atoms with Crippen molar-refractivity contribution >= 4 is 22.8 Å². The Bertz CT molecular complexity index is 904. The van der Waals surface area contributed by atoms with Gasteiger partial charge < -0.3 is 9.84 Å². The van der Waals surface area contributed by atoms with Crippen molar-refractivity contribution in [3.8, 4) is 11.1 Å². The lowest BCUT2D eigenvalue weighted by Crippen LogP contribution is -2.03. The third kappa shape index (κ3) is 2.74. The van der Waals surface area contributed by atoms with Gasteiger partial charge in [-0.25, -0.2) is 14.6 Å². The first kappa shape index (κ1) is 14.6. The largest absolute Gasteiger partial charge is 0.478 e. The molecule has 3 rings (SSSR count). The molecule has 0 atom stereocenters. The Hall–Kier alpha value is -3.28. The smallest absolute Gasteiger partial charge is 0.356 e. The molecular weight excluding hydrogens is 296 g/mol. The quantitative estimate of drug-likeness (QED) is 0.748. The summed E-state index contributed by atoms with van der Waals surface area (Å²) in [4.78, 5) is 30.9. The molecule has 0 aliphatic heterocycles. The molecule has 114 valence electrons. The molecule has 0 radical (unpaired) electrons. The number of carboxylic acid groups (broad SMARTS) is 1. The number of carbonyl (C=O) groups is 2. The molecule has 0 saturated heterocycles. The van der Waals surface area contributed by atoms with Crippen LogP contribution in [0.3, 0.4) is 0 Å². The van der Waals surface area contributed by atoms with E-state index >= 15 is 0 Å². The SMILES string of the molecule is COC(=O)c1ccc(-c2ccc3nccc(C(=O)O)c3c2)cn1. The second-order valence-electron chi connectivity index (χ2n) is 4.82. The highest BCUT2D eigenvalue weighted by Crippen LogP contribution is 2.25. The zero-order chi connectivity index (χ0) is 16.4. The monoisotopic (exact) mass is 308 g/mol. The maximum atomic E-state index is 11.4. The van der Waals surface area contributed by atoms with Crippen molar-refractivity contribution in [2.75, 3.05) is 7.11 Å². The molecule has 0 unspecified atom stereocenters. The summed E-state index contributed by atoms with van der Waals surface area (Å²) in [6.07, 6.45) is 3.02. The van der Waals surface area contributed by atoms with Gasteiger partial charge in [0.2, 0.25) is 0 Å². The number of carboxylic acids is 1. The molecule has 0 bridgehead atoms. The van der Waals surface area contributed by atoms with Gasteiger partial charge in [0, 0.05) is 23.3 Å². The molecule has 23 heavy (non-hydrogen) atoms. The number of rotatable bonds is 3. The van der Waals surface area contributed by atoms with Gasteiger partial charge >= 0.3 is 11.9 Å². The van der Waals surface area contributed by atoms with Gasteiger partial charge in [-0.1, -0.05) is 12.1 Å². The van der Waals surface area contributed by atoms with E-state index in [1.165, 1.54) is 19.4 Å². The van der Waals surface area contributed by atoms with Crippen LogP contribution in [-0.2, 0) is 4.74 Å². The topological polar surface area (TPSA) is 89.4 Å². The van der Waals surface area contributed by atoms with Crippen LogP contribution in [0.15, 0.2) is 48.8 Å². The summed E-state index contributed by atoms with van der Waals surface area (Å²) in [7, 11) is 1.29. The molecule has 0 aliphatic carbocycles. The number of nitrogens with zero attached hydrogens (tertiary/aromatic N) is 2. The fourth-order valence-corrected chi connectivity index (χ4v) is 2.30. The van der Waals surface area contributed by atoms with Crippen molar-refractivity contribution in [2.45, 2.75) is 0 Å². The highest BCUT2D eigenvalue weighted by atomic mass is 16.5. The van der Waals surface area contributed by atoms with Crippen molar-refractivity contribution in [2.24, 2.45) is 0 Å². The Morgan fingerprint density at radius 1 is 1.04 bits per heavy atom. The molecule has 1 aromatic carbocycles. The van der Waals surface area contributed by atoms with Gasteiger partial charge in [-0.2, -0.15) is 0 Å². The van der Waals surface area contributed by atoms with Crippen LogP contribution in [-0.4, -0.2) is 34.1 Å². The van der Waals surface area contributed by atoms with Gasteiger partial charge in [0.25, 0.3) is 0 Å². The van der Waals surface area contributed by atoms with Crippen molar-refractivity contribution < 1.29 is 19.4 Å². The maximum absolute atomic E-state index is 11.4. The van der Waals surface area contributed by atoms with Gasteiger partial charge in [-0.05, 0) is 29.8 Å². The molecule has 3 aromatic rings. The van der Waals surface area contributed by atoms with Crippen LogP contribution >= 0.6 is 0 Å². The van der Waals surface area contributed by atoms with Crippen LogP contribution in [0.4, 0.5) is 0 Å². The first-order valence-electron chi connectivity index (χ1n) is 6.77. The molecule has 6 nitrogen and oxygen atoms in total. The fraction of sp³-hybridized carbons (Fsp3) is 0.0588. The maximum Gasteiger partial charge on any atom is 0.356 e. The first-order chi connectivity index (χ1) is 11.1. The predicted octanol–water partition coefficient (Wildman–Crippen LogP) is 2.78. The highest BCUT2D eigenvalue weighted by molar-refractivity contribution is 6.03. The highest BCUT2D eigenvalue weighted by Gasteiger charge is 2.11. The van der Waals surface area contributed by atoms with E-state index in [-0.39, 0.29) is 11.3 Å². The van der Waals surface area contributed by atoms with Crippen LogP contribution in [0.25, 0.3) is 22.0 Å². The molecule has 2 aromatic heterocycles. The van der Waals surface area contributed by atoms with Gasteiger partial charge in [-0.15, -0.1) is 0 Å². The number of benzene rings is 1. The van der Waals surface area contributed by atoms with E-state index in [2.05, 4.69) is 14.7 Å². The summed E-state index contributed by atoms with van der Waals surface area (Å²) < 4.78 is 4.61. The number of ether oxygens (including phenoxy) is 1. The summed E-state index contributed by atoms with van der Waals surface area (Å²) in [5.74, 6) is -1.51. The second-order valence-corrected chi connectivity index (χ2v) is 4.82. The first-order valence-corrected chi connectivity index (χ1v) is 6.77. The third-order valence-corrected chi connectivity index (χ3v) is 3.46. The molecule has 0 fully saturated rings. The average molecular weight is 308 g/mol. The number of carbonyl (C=O) groups excluding carboxylic acids is 1.